The zero-order valence-electron chi connectivity index (χ0n) is 10.6. The fraction of sp³-hybridized carbons (Fsp3) is 0.429. The fourth-order valence-corrected chi connectivity index (χ4v) is 1.81. The van der Waals surface area contributed by atoms with Gasteiger partial charge in [0, 0.05) is 18.7 Å². The molecule has 3 heteroatoms. The molecule has 0 saturated heterocycles. The van der Waals surface area contributed by atoms with Crippen molar-refractivity contribution in [1.82, 2.24) is 4.90 Å². The fourth-order valence-electron chi connectivity index (χ4n) is 1.81. The maximum absolute atomic E-state index is 12.1. The lowest BCUT2D eigenvalue weighted by atomic mass is 9.98. The van der Waals surface area contributed by atoms with E-state index >= 15 is 0 Å². The van der Waals surface area contributed by atoms with Crippen LogP contribution in [-0.2, 0) is 4.79 Å². The third kappa shape index (κ3) is 3.16. The van der Waals surface area contributed by atoms with Gasteiger partial charge < -0.3 is 4.90 Å². The standard InChI is InChI=1S/C14H19NO2/c1-4-15(5-2)14(17)11(3)13-8-6-12(10-16)7-9-13/h6-11H,4-5H2,1-3H3. The average molecular weight is 233 g/mol. The Morgan fingerprint density at radius 3 is 2.18 bits per heavy atom. The van der Waals surface area contributed by atoms with E-state index in [9.17, 15) is 9.59 Å². The van der Waals surface area contributed by atoms with Crippen LogP contribution in [-0.4, -0.2) is 30.2 Å². The molecule has 1 amide bonds. The van der Waals surface area contributed by atoms with E-state index < -0.39 is 0 Å². The predicted molar refractivity (Wildman–Crippen MR) is 68.2 cm³/mol. The van der Waals surface area contributed by atoms with Crippen molar-refractivity contribution in [2.75, 3.05) is 13.1 Å². The highest BCUT2D eigenvalue weighted by atomic mass is 16.2. The molecule has 0 saturated carbocycles. The zero-order valence-corrected chi connectivity index (χ0v) is 10.6. The molecule has 0 bridgehead atoms. The quantitative estimate of drug-likeness (QED) is 0.733. The Balaban J connectivity index is 2.84. The summed E-state index contributed by atoms with van der Waals surface area (Å²) in [7, 11) is 0. The Morgan fingerprint density at radius 1 is 1.24 bits per heavy atom. The first-order chi connectivity index (χ1) is 8.13. The number of carbonyl (C=O) groups excluding carboxylic acids is 2. The van der Waals surface area contributed by atoms with Crippen molar-refractivity contribution in [1.29, 1.82) is 0 Å². The van der Waals surface area contributed by atoms with Gasteiger partial charge in [-0.15, -0.1) is 0 Å². The molecule has 0 N–H and O–H groups in total. The molecule has 3 nitrogen and oxygen atoms in total. The van der Waals surface area contributed by atoms with Crippen molar-refractivity contribution in [3.63, 3.8) is 0 Å². The minimum Gasteiger partial charge on any atom is -0.343 e. The molecule has 1 aromatic rings. The van der Waals surface area contributed by atoms with Gasteiger partial charge in [-0.25, -0.2) is 0 Å². The van der Waals surface area contributed by atoms with Crippen LogP contribution in [0.2, 0.25) is 0 Å². The van der Waals surface area contributed by atoms with Crippen molar-refractivity contribution in [2.45, 2.75) is 26.7 Å². The second-order valence-electron chi connectivity index (χ2n) is 4.02. The van der Waals surface area contributed by atoms with Gasteiger partial charge in [0.05, 0.1) is 5.92 Å². The van der Waals surface area contributed by atoms with Gasteiger partial charge in [-0.05, 0) is 26.3 Å². The molecule has 1 aromatic carbocycles. The lowest BCUT2D eigenvalue weighted by Crippen LogP contribution is -2.33. The number of rotatable bonds is 5. The van der Waals surface area contributed by atoms with Crippen LogP contribution in [0.3, 0.4) is 0 Å². The van der Waals surface area contributed by atoms with Crippen LogP contribution in [0, 0.1) is 0 Å². The highest BCUT2D eigenvalue weighted by molar-refractivity contribution is 5.83. The van der Waals surface area contributed by atoms with Gasteiger partial charge in [-0.1, -0.05) is 24.3 Å². The van der Waals surface area contributed by atoms with Crippen molar-refractivity contribution < 1.29 is 9.59 Å². The summed E-state index contributed by atoms with van der Waals surface area (Å²) < 4.78 is 0. The van der Waals surface area contributed by atoms with Crippen LogP contribution in [0.5, 0.6) is 0 Å². The molecule has 1 unspecified atom stereocenters. The summed E-state index contributed by atoms with van der Waals surface area (Å²) in [5.41, 5.74) is 1.59. The lowest BCUT2D eigenvalue weighted by Gasteiger charge is -2.23. The van der Waals surface area contributed by atoms with E-state index in [1.807, 2.05) is 37.8 Å². The summed E-state index contributed by atoms with van der Waals surface area (Å²) >= 11 is 0. The molecule has 0 radical (unpaired) electrons. The molecule has 1 rings (SSSR count). The van der Waals surface area contributed by atoms with Gasteiger partial charge in [0.25, 0.3) is 0 Å². The number of amides is 1. The van der Waals surface area contributed by atoms with Crippen LogP contribution in [0.4, 0.5) is 0 Å². The van der Waals surface area contributed by atoms with Crippen molar-refractivity contribution in [3.8, 4) is 0 Å². The number of aldehydes is 1. The number of carbonyl (C=O) groups is 2. The Morgan fingerprint density at radius 2 is 1.76 bits per heavy atom. The SMILES string of the molecule is CCN(CC)C(=O)C(C)c1ccc(C=O)cc1. The summed E-state index contributed by atoms with van der Waals surface area (Å²) in [6.07, 6.45) is 0.806. The summed E-state index contributed by atoms with van der Waals surface area (Å²) in [4.78, 5) is 24.5. The van der Waals surface area contributed by atoms with Crippen molar-refractivity contribution in [2.24, 2.45) is 0 Å². The zero-order chi connectivity index (χ0) is 12.8. The molecule has 1 atom stereocenters. The molecule has 17 heavy (non-hydrogen) atoms. The van der Waals surface area contributed by atoms with Crippen LogP contribution in [0.25, 0.3) is 0 Å². The van der Waals surface area contributed by atoms with Gasteiger partial charge in [0.15, 0.2) is 0 Å². The van der Waals surface area contributed by atoms with Crippen LogP contribution >= 0.6 is 0 Å². The van der Waals surface area contributed by atoms with Gasteiger partial charge in [0.2, 0.25) is 5.91 Å². The number of nitrogens with zero attached hydrogens (tertiary/aromatic N) is 1. The second-order valence-corrected chi connectivity index (χ2v) is 4.02. The minimum atomic E-state index is -0.157. The van der Waals surface area contributed by atoms with Crippen LogP contribution in [0.1, 0.15) is 42.6 Å². The third-order valence-corrected chi connectivity index (χ3v) is 3.02. The number of hydrogen-bond acceptors (Lipinski definition) is 2. The van der Waals surface area contributed by atoms with E-state index in [0.29, 0.717) is 5.56 Å². The monoisotopic (exact) mass is 233 g/mol. The largest absolute Gasteiger partial charge is 0.343 e. The minimum absolute atomic E-state index is 0.133. The van der Waals surface area contributed by atoms with E-state index in [0.717, 1.165) is 24.9 Å². The molecular formula is C14H19NO2. The Hall–Kier alpha value is -1.64. The van der Waals surface area contributed by atoms with Gasteiger partial charge in [-0.3, -0.25) is 9.59 Å². The van der Waals surface area contributed by atoms with E-state index in [2.05, 4.69) is 0 Å². The highest BCUT2D eigenvalue weighted by Gasteiger charge is 2.19. The molecule has 0 aromatic heterocycles. The predicted octanol–water partition coefficient (Wildman–Crippen LogP) is 2.47. The highest BCUT2D eigenvalue weighted by Crippen LogP contribution is 2.18. The molecule has 0 spiro atoms. The average Bonchev–Trinajstić information content (AvgIpc) is 2.39. The normalized spacial score (nSPS) is 11.9. The molecule has 0 fully saturated rings. The number of likely N-dealkylation sites (N-methyl/N-ethyl adjacent to an activating group) is 1. The summed E-state index contributed by atoms with van der Waals surface area (Å²) in [5.74, 6) is -0.0237. The molecular weight excluding hydrogens is 214 g/mol. The Kier molecular flexibility index (Phi) is 4.88. The molecule has 0 aliphatic heterocycles. The lowest BCUT2D eigenvalue weighted by molar-refractivity contribution is -0.132. The molecule has 92 valence electrons. The van der Waals surface area contributed by atoms with Crippen LogP contribution < -0.4 is 0 Å². The maximum atomic E-state index is 12.1. The van der Waals surface area contributed by atoms with E-state index in [1.54, 1.807) is 12.1 Å². The Labute approximate surface area is 102 Å². The smallest absolute Gasteiger partial charge is 0.229 e. The topological polar surface area (TPSA) is 37.4 Å². The van der Waals surface area contributed by atoms with Crippen LogP contribution in [0.15, 0.2) is 24.3 Å². The van der Waals surface area contributed by atoms with Crippen molar-refractivity contribution >= 4 is 12.2 Å². The van der Waals surface area contributed by atoms with Crippen molar-refractivity contribution in [3.05, 3.63) is 35.4 Å². The van der Waals surface area contributed by atoms with E-state index in [4.69, 9.17) is 0 Å². The number of benzene rings is 1. The second kappa shape index (κ2) is 6.18. The number of hydrogen-bond donors (Lipinski definition) is 0. The summed E-state index contributed by atoms with van der Waals surface area (Å²) in [5, 5.41) is 0. The first-order valence-electron chi connectivity index (χ1n) is 5.97. The molecule has 0 aliphatic rings. The summed E-state index contributed by atoms with van der Waals surface area (Å²) in [6, 6.07) is 7.17. The van der Waals surface area contributed by atoms with Gasteiger partial charge in [0.1, 0.15) is 6.29 Å². The first kappa shape index (κ1) is 13.4. The molecule has 0 heterocycles. The first-order valence-corrected chi connectivity index (χ1v) is 5.97. The third-order valence-electron chi connectivity index (χ3n) is 3.02. The van der Waals surface area contributed by atoms with E-state index in [1.165, 1.54) is 0 Å². The Bertz CT molecular complexity index is 380. The molecule has 0 aliphatic carbocycles. The van der Waals surface area contributed by atoms with E-state index in [-0.39, 0.29) is 11.8 Å². The maximum Gasteiger partial charge on any atom is 0.229 e. The van der Waals surface area contributed by atoms with Gasteiger partial charge >= 0.3 is 0 Å². The van der Waals surface area contributed by atoms with Gasteiger partial charge in [-0.2, -0.15) is 0 Å². The summed E-state index contributed by atoms with van der Waals surface area (Å²) in [6.45, 7) is 7.31.